The van der Waals surface area contributed by atoms with Gasteiger partial charge in [-0.1, -0.05) is 29.8 Å². The summed E-state index contributed by atoms with van der Waals surface area (Å²) in [7, 11) is 0. The second-order valence-electron chi connectivity index (χ2n) is 5.69. The first-order valence-electron chi connectivity index (χ1n) is 7.78. The molecule has 0 radical (unpaired) electrons. The number of hydrogen-bond donors (Lipinski definition) is 2. The topological polar surface area (TPSA) is 93.5 Å². The number of ether oxygens (including phenoxy) is 1. The number of nitro groups is 1. The number of carbonyl (C=O) groups excluding carboxylic acids is 1. The van der Waals surface area contributed by atoms with Crippen molar-refractivity contribution < 1.29 is 18.8 Å². The van der Waals surface area contributed by atoms with Crippen molar-refractivity contribution in [3.8, 4) is 0 Å². The lowest BCUT2D eigenvalue weighted by Crippen LogP contribution is -2.41. The van der Waals surface area contributed by atoms with Crippen LogP contribution in [0.2, 0.25) is 5.02 Å². The zero-order valence-corrected chi connectivity index (χ0v) is 14.2. The summed E-state index contributed by atoms with van der Waals surface area (Å²) in [5.74, 6) is -0.536. The van der Waals surface area contributed by atoms with Crippen molar-refractivity contribution in [2.24, 2.45) is 0 Å². The third-order valence-electron chi connectivity index (χ3n) is 3.92. The average molecular weight is 380 g/mol. The molecule has 136 valence electrons. The molecule has 7 nitrogen and oxygen atoms in total. The molecule has 0 aromatic heterocycles. The number of anilines is 1. The zero-order valence-electron chi connectivity index (χ0n) is 13.4. The Labute approximate surface area is 153 Å². The number of nitrogens with zero attached hydrogens (tertiary/aromatic N) is 1. The van der Waals surface area contributed by atoms with E-state index in [9.17, 15) is 19.3 Å². The highest BCUT2D eigenvalue weighted by Gasteiger charge is 2.25. The van der Waals surface area contributed by atoms with Crippen LogP contribution < -0.4 is 10.6 Å². The number of para-hydroxylation sites is 1. The van der Waals surface area contributed by atoms with E-state index in [0.29, 0.717) is 11.3 Å². The van der Waals surface area contributed by atoms with Crippen LogP contribution in [0, 0.1) is 10.1 Å². The Hall–Kier alpha value is -2.55. The Morgan fingerprint density at radius 2 is 2.08 bits per heavy atom. The molecule has 26 heavy (non-hydrogen) atoms. The van der Waals surface area contributed by atoms with Crippen LogP contribution in [0.3, 0.4) is 0 Å². The van der Waals surface area contributed by atoms with E-state index in [1.54, 1.807) is 24.3 Å². The molecule has 2 atom stereocenters. The smallest absolute Gasteiger partial charge is 0.288 e. The Balaban J connectivity index is 1.84. The molecule has 2 unspecified atom stereocenters. The van der Waals surface area contributed by atoms with Crippen LogP contribution in [-0.2, 0) is 4.74 Å². The van der Waals surface area contributed by atoms with Gasteiger partial charge in [0.1, 0.15) is 5.02 Å². The van der Waals surface area contributed by atoms with Crippen LogP contribution in [0.15, 0.2) is 42.5 Å². The molecule has 2 N–H and O–H groups in total. The summed E-state index contributed by atoms with van der Waals surface area (Å²) in [5, 5.41) is 16.4. The van der Waals surface area contributed by atoms with Gasteiger partial charge in [-0.2, -0.15) is 0 Å². The first-order valence-corrected chi connectivity index (χ1v) is 8.15. The number of rotatable bonds is 4. The van der Waals surface area contributed by atoms with Gasteiger partial charge in [0.05, 0.1) is 24.2 Å². The first kappa shape index (κ1) is 18.2. The molecular formula is C17H15ClFN3O4. The van der Waals surface area contributed by atoms with Gasteiger partial charge in [-0.15, -0.1) is 0 Å². The van der Waals surface area contributed by atoms with E-state index in [2.05, 4.69) is 10.6 Å². The fraction of sp³-hybridized carbons (Fsp3) is 0.235. The lowest BCUT2D eigenvalue weighted by atomic mass is 10.0. The lowest BCUT2D eigenvalue weighted by molar-refractivity contribution is -0.384. The van der Waals surface area contributed by atoms with E-state index in [4.69, 9.17) is 16.3 Å². The molecule has 1 fully saturated rings. The van der Waals surface area contributed by atoms with Gasteiger partial charge in [0, 0.05) is 17.3 Å². The summed E-state index contributed by atoms with van der Waals surface area (Å²) in [5.41, 5.74) is 0.860. The van der Waals surface area contributed by atoms with Gasteiger partial charge >= 0.3 is 0 Å². The molecule has 1 aliphatic heterocycles. The van der Waals surface area contributed by atoms with Crippen molar-refractivity contribution in [1.29, 1.82) is 0 Å². The average Bonchev–Trinajstić information content (AvgIpc) is 2.62. The molecule has 3 rings (SSSR count). The highest BCUT2D eigenvalue weighted by molar-refractivity contribution is 6.32. The van der Waals surface area contributed by atoms with Gasteiger partial charge in [-0.05, 0) is 23.8 Å². The van der Waals surface area contributed by atoms with E-state index in [1.165, 1.54) is 12.1 Å². The number of nitrogens with one attached hydrogen (secondary N) is 2. The van der Waals surface area contributed by atoms with Gasteiger partial charge in [-0.25, -0.2) is 4.39 Å². The van der Waals surface area contributed by atoms with Crippen molar-refractivity contribution in [1.82, 2.24) is 5.32 Å². The number of carbonyl (C=O) groups is 1. The highest BCUT2D eigenvalue weighted by atomic mass is 35.5. The number of nitro benzene ring substituents is 1. The fourth-order valence-electron chi connectivity index (χ4n) is 2.69. The summed E-state index contributed by atoms with van der Waals surface area (Å²) in [4.78, 5) is 22.8. The zero-order chi connectivity index (χ0) is 18.7. The molecule has 1 aliphatic rings. The second kappa shape index (κ2) is 7.77. The number of morpholine rings is 1. The third kappa shape index (κ3) is 3.98. The summed E-state index contributed by atoms with van der Waals surface area (Å²) < 4.78 is 18.7. The van der Waals surface area contributed by atoms with Crippen molar-refractivity contribution in [2.75, 3.05) is 18.5 Å². The summed E-state index contributed by atoms with van der Waals surface area (Å²) in [6.07, 6.45) is -1.29. The molecule has 0 saturated carbocycles. The van der Waals surface area contributed by atoms with Crippen molar-refractivity contribution in [3.63, 3.8) is 0 Å². The van der Waals surface area contributed by atoms with Crippen LogP contribution >= 0.6 is 11.6 Å². The molecule has 2 aromatic carbocycles. The standard InChI is InChI=1S/C17H15ClFN3O4/c18-12-6-5-10(7-15(12)22(24)25)17(23)21-13-4-2-1-3-11(13)14-8-26-9-16(19)20-14/h1-7,14,16,20H,8-9H2,(H,21,23). The molecule has 0 bridgehead atoms. The normalized spacial score (nSPS) is 19.8. The number of halogens is 2. The largest absolute Gasteiger partial charge is 0.375 e. The van der Waals surface area contributed by atoms with E-state index in [-0.39, 0.29) is 29.5 Å². The van der Waals surface area contributed by atoms with Gasteiger partial charge in [-0.3, -0.25) is 20.2 Å². The summed E-state index contributed by atoms with van der Waals surface area (Å²) in [6.45, 7) is 0.235. The number of hydrogen-bond acceptors (Lipinski definition) is 5. The molecular weight excluding hydrogens is 365 g/mol. The quantitative estimate of drug-likeness (QED) is 0.482. The SMILES string of the molecule is O=C(Nc1ccccc1C1COCC(F)N1)c1ccc(Cl)c([N+](=O)[O-])c1. The maximum Gasteiger partial charge on any atom is 0.288 e. The maximum absolute atomic E-state index is 13.5. The van der Waals surface area contributed by atoms with Crippen LogP contribution in [-0.4, -0.2) is 30.3 Å². The van der Waals surface area contributed by atoms with E-state index < -0.39 is 23.2 Å². The van der Waals surface area contributed by atoms with Gasteiger partial charge in [0.15, 0.2) is 6.30 Å². The minimum atomic E-state index is -1.29. The molecule has 9 heteroatoms. The van der Waals surface area contributed by atoms with Crippen LogP contribution in [0.25, 0.3) is 0 Å². The van der Waals surface area contributed by atoms with Crippen LogP contribution in [0.5, 0.6) is 0 Å². The number of amides is 1. The highest BCUT2D eigenvalue weighted by Crippen LogP contribution is 2.28. The maximum atomic E-state index is 13.5. The molecule has 0 aliphatic carbocycles. The van der Waals surface area contributed by atoms with Crippen molar-refractivity contribution >= 4 is 28.9 Å². The molecule has 1 amide bonds. The lowest BCUT2D eigenvalue weighted by Gasteiger charge is -2.28. The van der Waals surface area contributed by atoms with E-state index >= 15 is 0 Å². The minimum Gasteiger partial charge on any atom is -0.375 e. The van der Waals surface area contributed by atoms with Gasteiger partial charge in [0.25, 0.3) is 11.6 Å². The Bertz CT molecular complexity index is 849. The number of benzene rings is 2. The molecule has 1 heterocycles. The molecule has 2 aromatic rings. The Morgan fingerprint density at radius 3 is 2.81 bits per heavy atom. The summed E-state index contributed by atoms with van der Waals surface area (Å²) in [6, 6.07) is 10.3. The second-order valence-corrected chi connectivity index (χ2v) is 6.10. The predicted octanol–water partition coefficient (Wildman–Crippen LogP) is 3.46. The van der Waals surface area contributed by atoms with Crippen LogP contribution in [0.1, 0.15) is 22.0 Å². The minimum absolute atomic E-state index is 0.0283. The Morgan fingerprint density at radius 1 is 1.31 bits per heavy atom. The first-order chi connectivity index (χ1) is 12.5. The van der Waals surface area contributed by atoms with Crippen molar-refractivity contribution in [3.05, 3.63) is 68.7 Å². The van der Waals surface area contributed by atoms with Gasteiger partial charge < -0.3 is 10.1 Å². The Kier molecular flexibility index (Phi) is 5.46. The fourth-order valence-corrected chi connectivity index (χ4v) is 2.87. The van der Waals surface area contributed by atoms with Gasteiger partial charge in [0.2, 0.25) is 0 Å². The molecule has 0 spiro atoms. The molecule has 1 saturated heterocycles. The van der Waals surface area contributed by atoms with Crippen LogP contribution in [0.4, 0.5) is 15.8 Å². The predicted molar refractivity (Wildman–Crippen MR) is 94.1 cm³/mol. The third-order valence-corrected chi connectivity index (χ3v) is 4.24. The summed E-state index contributed by atoms with van der Waals surface area (Å²) >= 11 is 5.77. The monoisotopic (exact) mass is 379 g/mol. The van der Waals surface area contributed by atoms with E-state index in [1.807, 2.05) is 0 Å². The van der Waals surface area contributed by atoms with E-state index in [0.717, 1.165) is 6.07 Å². The number of alkyl halides is 1. The van der Waals surface area contributed by atoms with Crippen molar-refractivity contribution in [2.45, 2.75) is 12.3 Å².